The Morgan fingerprint density at radius 3 is 2.23 bits per heavy atom. The normalized spacial score (nSPS) is 18.0. The summed E-state index contributed by atoms with van der Waals surface area (Å²) < 4.78 is 6.21. The van der Waals surface area contributed by atoms with Gasteiger partial charge in [-0.05, 0) is 17.7 Å². The van der Waals surface area contributed by atoms with Gasteiger partial charge in [-0.3, -0.25) is 4.99 Å². The number of rotatable bonds is 4. The third kappa shape index (κ3) is 3.48. The van der Waals surface area contributed by atoms with Crippen LogP contribution in [0.1, 0.15) is 25.5 Å². The first kappa shape index (κ1) is 14.6. The highest BCUT2D eigenvalue weighted by atomic mass is 16.5. The quantitative estimate of drug-likeness (QED) is 0.929. The first-order chi connectivity index (χ1) is 10.6. The average Bonchev–Trinajstić information content (AvgIpc) is 2.55. The van der Waals surface area contributed by atoms with Gasteiger partial charge in [-0.2, -0.15) is 0 Å². The summed E-state index contributed by atoms with van der Waals surface area (Å²) in [6.07, 6.45) is -0.195. The predicted molar refractivity (Wildman–Crippen MR) is 90.3 cm³/mol. The molecule has 0 saturated carbocycles. The molecule has 0 spiro atoms. The van der Waals surface area contributed by atoms with Gasteiger partial charge in [-0.25, -0.2) is 0 Å². The second kappa shape index (κ2) is 6.22. The van der Waals surface area contributed by atoms with Gasteiger partial charge in [-0.1, -0.05) is 62.4 Å². The molecule has 3 nitrogen and oxygen atoms in total. The van der Waals surface area contributed by atoms with Gasteiger partial charge in [0.1, 0.15) is 11.6 Å². The largest absolute Gasteiger partial charge is 0.478 e. The van der Waals surface area contributed by atoms with Crippen molar-refractivity contribution in [3.63, 3.8) is 0 Å². The fraction of sp³-hybridized carbons (Fsp3) is 0.316. The predicted octanol–water partition coefficient (Wildman–Crippen LogP) is 3.83. The summed E-state index contributed by atoms with van der Waals surface area (Å²) in [6.45, 7) is 6.16. The van der Waals surface area contributed by atoms with E-state index in [2.05, 4.69) is 31.3 Å². The Balaban J connectivity index is 1.89. The highest BCUT2D eigenvalue weighted by molar-refractivity contribution is 5.88. The topological polar surface area (TPSA) is 33.6 Å². The number of para-hydroxylation sites is 1. The molecule has 0 aromatic heterocycles. The van der Waals surface area contributed by atoms with Crippen LogP contribution in [-0.4, -0.2) is 18.9 Å². The molecule has 1 aliphatic heterocycles. The number of aliphatic imine (C=N–C) groups is 1. The Bertz CT molecular complexity index is 635. The monoisotopic (exact) mass is 294 g/mol. The van der Waals surface area contributed by atoms with Gasteiger partial charge in [0.05, 0.1) is 0 Å². The summed E-state index contributed by atoms with van der Waals surface area (Å²) in [5.74, 6) is 1.76. The zero-order valence-electron chi connectivity index (χ0n) is 13.1. The van der Waals surface area contributed by atoms with E-state index in [1.165, 1.54) is 0 Å². The molecule has 22 heavy (non-hydrogen) atoms. The summed E-state index contributed by atoms with van der Waals surface area (Å²) in [4.78, 5) is 4.74. The van der Waals surface area contributed by atoms with Crippen molar-refractivity contribution in [2.45, 2.75) is 20.0 Å². The standard InChI is InChI=1S/C19H22N2O/c1-19(2)13-20-18(21-14-19)17(15-9-5-3-6-10-15)22-16-11-7-4-8-12-16/h3-12,17H,13-14H2,1-2H3,(H,20,21). The number of hydrogen-bond donors (Lipinski definition) is 1. The number of benzene rings is 2. The molecule has 0 fully saturated rings. The van der Waals surface area contributed by atoms with Crippen LogP contribution in [0, 0.1) is 5.41 Å². The zero-order chi connectivity index (χ0) is 15.4. The lowest BCUT2D eigenvalue weighted by atomic mass is 9.92. The highest BCUT2D eigenvalue weighted by Crippen LogP contribution is 2.26. The molecule has 1 unspecified atom stereocenters. The third-order valence-electron chi connectivity index (χ3n) is 3.77. The van der Waals surface area contributed by atoms with Crippen molar-refractivity contribution >= 4 is 5.84 Å². The van der Waals surface area contributed by atoms with Crippen LogP contribution in [0.25, 0.3) is 0 Å². The van der Waals surface area contributed by atoms with Crippen molar-refractivity contribution in [1.29, 1.82) is 0 Å². The molecule has 1 aliphatic rings. The Hall–Kier alpha value is -2.29. The fourth-order valence-corrected chi connectivity index (χ4v) is 2.46. The molecular formula is C19H22N2O. The van der Waals surface area contributed by atoms with Crippen LogP contribution in [0.3, 0.4) is 0 Å². The molecule has 1 heterocycles. The van der Waals surface area contributed by atoms with Crippen molar-refractivity contribution in [2.24, 2.45) is 10.4 Å². The molecule has 0 aliphatic carbocycles. The van der Waals surface area contributed by atoms with Crippen LogP contribution in [0.15, 0.2) is 65.7 Å². The van der Waals surface area contributed by atoms with Gasteiger partial charge < -0.3 is 10.1 Å². The smallest absolute Gasteiger partial charge is 0.180 e. The zero-order valence-corrected chi connectivity index (χ0v) is 13.1. The highest BCUT2D eigenvalue weighted by Gasteiger charge is 2.28. The average molecular weight is 294 g/mol. The molecule has 114 valence electrons. The number of hydrogen-bond acceptors (Lipinski definition) is 3. The Labute approximate surface area is 132 Å². The minimum atomic E-state index is -0.195. The fourth-order valence-electron chi connectivity index (χ4n) is 2.46. The number of nitrogens with zero attached hydrogens (tertiary/aromatic N) is 1. The van der Waals surface area contributed by atoms with E-state index in [9.17, 15) is 0 Å². The molecule has 3 rings (SSSR count). The van der Waals surface area contributed by atoms with E-state index in [1.54, 1.807) is 0 Å². The number of nitrogens with one attached hydrogen (secondary N) is 1. The lowest BCUT2D eigenvalue weighted by Gasteiger charge is -2.32. The Kier molecular flexibility index (Phi) is 4.14. The minimum Gasteiger partial charge on any atom is -0.478 e. The molecular weight excluding hydrogens is 272 g/mol. The van der Waals surface area contributed by atoms with Crippen LogP contribution >= 0.6 is 0 Å². The van der Waals surface area contributed by atoms with E-state index in [1.807, 2.05) is 48.5 Å². The molecule has 1 N–H and O–H groups in total. The minimum absolute atomic E-state index is 0.192. The molecule has 0 amide bonds. The van der Waals surface area contributed by atoms with Gasteiger partial charge >= 0.3 is 0 Å². The lowest BCUT2D eigenvalue weighted by Crippen LogP contribution is -2.44. The molecule has 2 aromatic rings. The maximum Gasteiger partial charge on any atom is 0.180 e. The summed E-state index contributed by atoms with van der Waals surface area (Å²) in [5, 5.41) is 3.45. The summed E-state index contributed by atoms with van der Waals surface area (Å²) in [5.41, 5.74) is 1.30. The van der Waals surface area contributed by atoms with Crippen molar-refractivity contribution < 1.29 is 4.74 Å². The molecule has 3 heteroatoms. The first-order valence-electron chi connectivity index (χ1n) is 7.69. The number of amidine groups is 1. The van der Waals surface area contributed by atoms with Crippen LogP contribution in [0.5, 0.6) is 5.75 Å². The van der Waals surface area contributed by atoms with E-state index in [4.69, 9.17) is 9.73 Å². The number of ether oxygens (including phenoxy) is 1. The van der Waals surface area contributed by atoms with Crippen LogP contribution in [0.2, 0.25) is 0 Å². The van der Waals surface area contributed by atoms with Crippen LogP contribution in [0.4, 0.5) is 0 Å². The summed E-state index contributed by atoms with van der Waals surface area (Å²) in [7, 11) is 0. The second-order valence-corrected chi connectivity index (χ2v) is 6.44. The summed E-state index contributed by atoms with van der Waals surface area (Å²) in [6, 6.07) is 20.1. The SMILES string of the molecule is CC1(C)CN=C(C(Oc2ccccc2)c2ccccc2)NC1. The summed E-state index contributed by atoms with van der Waals surface area (Å²) >= 11 is 0. The van der Waals surface area contributed by atoms with E-state index < -0.39 is 0 Å². The van der Waals surface area contributed by atoms with Crippen LogP contribution < -0.4 is 10.1 Å². The lowest BCUT2D eigenvalue weighted by molar-refractivity contribution is 0.258. The first-order valence-corrected chi connectivity index (χ1v) is 7.69. The van der Waals surface area contributed by atoms with Gasteiger partial charge in [0.25, 0.3) is 0 Å². The van der Waals surface area contributed by atoms with E-state index in [0.29, 0.717) is 0 Å². The van der Waals surface area contributed by atoms with Crippen molar-refractivity contribution in [3.8, 4) is 5.75 Å². The van der Waals surface area contributed by atoms with Crippen molar-refractivity contribution in [2.75, 3.05) is 13.1 Å². The third-order valence-corrected chi connectivity index (χ3v) is 3.77. The molecule has 0 radical (unpaired) electrons. The maximum atomic E-state index is 6.21. The maximum absolute atomic E-state index is 6.21. The van der Waals surface area contributed by atoms with Crippen molar-refractivity contribution in [3.05, 3.63) is 66.2 Å². The van der Waals surface area contributed by atoms with E-state index in [-0.39, 0.29) is 11.5 Å². The van der Waals surface area contributed by atoms with Gasteiger partial charge in [-0.15, -0.1) is 0 Å². The second-order valence-electron chi connectivity index (χ2n) is 6.44. The van der Waals surface area contributed by atoms with E-state index in [0.717, 1.165) is 30.2 Å². The Morgan fingerprint density at radius 2 is 1.64 bits per heavy atom. The van der Waals surface area contributed by atoms with Crippen molar-refractivity contribution in [1.82, 2.24) is 5.32 Å². The molecule has 2 aromatic carbocycles. The van der Waals surface area contributed by atoms with Gasteiger partial charge in [0.15, 0.2) is 6.10 Å². The molecule has 0 bridgehead atoms. The molecule has 1 atom stereocenters. The van der Waals surface area contributed by atoms with Gasteiger partial charge in [0, 0.05) is 18.5 Å². The Morgan fingerprint density at radius 1 is 1.00 bits per heavy atom. The van der Waals surface area contributed by atoms with E-state index >= 15 is 0 Å². The van der Waals surface area contributed by atoms with Crippen LogP contribution in [-0.2, 0) is 0 Å². The molecule has 0 saturated heterocycles. The van der Waals surface area contributed by atoms with Gasteiger partial charge in [0.2, 0.25) is 0 Å².